The number of imide groups is 1. The molecule has 0 spiro atoms. The lowest BCUT2D eigenvalue weighted by Gasteiger charge is -2.44. The average Bonchev–Trinajstić information content (AvgIpc) is 3.75. The van der Waals surface area contributed by atoms with Crippen LogP contribution in [0.15, 0.2) is 48.8 Å². The fraction of sp³-hybridized carbons (Fsp3) is 0.533. The largest absolute Gasteiger partial charge is 0.371 e. The average molecular weight is 950 g/mol. The molecule has 3 aromatic rings. The Morgan fingerprint density at radius 2 is 1.77 bits per heavy atom. The Morgan fingerprint density at radius 1 is 1.02 bits per heavy atom. The molecule has 7 heterocycles. The van der Waals surface area contributed by atoms with Gasteiger partial charge in [-0.1, -0.05) is 37.7 Å². The summed E-state index contributed by atoms with van der Waals surface area (Å²) < 4.78 is 23.5. The molecular formula is C45H60FN11O5S3. The van der Waals surface area contributed by atoms with E-state index >= 15 is 4.39 Å². The van der Waals surface area contributed by atoms with E-state index in [9.17, 15) is 19.2 Å². The topological polar surface area (TPSA) is 191 Å². The van der Waals surface area contributed by atoms with Crippen molar-refractivity contribution in [2.24, 2.45) is 17.3 Å². The molecule has 8 rings (SSSR count). The highest BCUT2D eigenvalue weighted by Gasteiger charge is 2.44. The smallest absolute Gasteiger partial charge is 0.234 e. The molecule has 5 N–H and O–H groups in total. The molecule has 4 fully saturated rings. The first-order valence-electron chi connectivity index (χ1n) is 22.4. The van der Waals surface area contributed by atoms with E-state index in [4.69, 9.17) is 9.92 Å². The standard InChI is InChI=1S/C45H58FN11O5S2.H2S/c1-4-26-62-64-54(3)53-33-7-5-6-32(37(33)46)38-39(34-12-19-48-44(47)50-34)63-41(52-38)28-13-22-57(23-14-28)43(61)45(2)17-24-56(25-18-45)42(60)29-15-20-55(21-16-29)35-10-8-30(27-49-35)31-9-11-36(58)51-40(31)59;/h5-8,10,12,19,27-29,31,41,52-53H,4,9,11,13-18,20-26H2,1-3H3,(H2,47,48,50)(H,51,58,59);1H2. The Bertz CT molecular complexity index is 2230. The molecule has 65 heavy (non-hydrogen) atoms. The number of rotatable bonds is 13. The highest BCUT2D eigenvalue weighted by molar-refractivity contribution is 8.09. The lowest BCUT2D eigenvalue weighted by Crippen LogP contribution is -2.53. The van der Waals surface area contributed by atoms with Crippen molar-refractivity contribution in [3.63, 3.8) is 0 Å². The van der Waals surface area contributed by atoms with Crippen molar-refractivity contribution in [1.82, 2.24) is 39.8 Å². The lowest BCUT2D eigenvalue weighted by atomic mass is 9.78. The number of halogens is 1. The predicted octanol–water partition coefficient (Wildman–Crippen LogP) is 5.75. The Labute approximate surface area is 395 Å². The first kappa shape index (κ1) is 48.3. The van der Waals surface area contributed by atoms with Gasteiger partial charge in [-0.3, -0.25) is 28.7 Å². The summed E-state index contributed by atoms with van der Waals surface area (Å²) in [5, 5.41) is 5.99. The zero-order valence-corrected chi connectivity index (χ0v) is 39.8. The molecule has 0 saturated carbocycles. The molecule has 0 bridgehead atoms. The van der Waals surface area contributed by atoms with Gasteiger partial charge in [0, 0.05) is 82.0 Å². The number of hydrogen-bond donors (Lipinski definition) is 4. The number of carbonyl (C=O) groups is 4. The summed E-state index contributed by atoms with van der Waals surface area (Å²) in [5.41, 5.74) is 11.3. The minimum absolute atomic E-state index is 0. The van der Waals surface area contributed by atoms with E-state index in [1.54, 1.807) is 53.8 Å². The predicted molar refractivity (Wildman–Crippen MR) is 257 cm³/mol. The van der Waals surface area contributed by atoms with Crippen molar-refractivity contribution in [1.29, 1.82) is 0 Å². The number of aromatic nitrogens is 3. The summed E-state index contributed by atoms with van der Waals surface area (Å²) in [7, 11) is 1.77. The summed E-state index contributed by atoms with van der Waals surface area (Å²) in [6.07, 6.45) is 9.27. The maximum Gasteiger partial charge on any atom is 0.234 e. The van der Waals surface area contributed by atoms with Gasteiger partial charge in [-0.15, -0.1) is 4.41 Å². The first-order chi connectivity index (χ1) is 30.9. The number of pyridine rings is 1. The van der Waals surface area contributed by atoms with Crippen LogP contribution in [0.25, 0.3) is 10.6 Å². The van der Waals surface area contributed by atoms with Crippen LogP contribution < -0.4 is 26.7 Å². The molecule has 16 nitrogen and oxygen atoms in total. The number of benzene rings is 1. The molecule has 350 valence electrons. The van der Waals surface area contributed by atoms with Gasteiger partial charge < -0.3 is 31.2 Å². The van der Waals surface area contributed by atoms with E-state index in [1.165, 1.54) is 0 Å². The second-order valence-electron chi connectivity index (χ2n) is 17.6. The summed E-state index contributed by atoms with van der Waals surface area (Å²) in [6, 6.07) is 10.9. The normalized spacial score (nSPS) is 21.8. The molecule has 5 aliphatic heterocycles. The number of nitrogens with one attached hydrogen (secondary N) is 3. The van der Waals surface area contributed by atoms with E-state index in [1.807, 2.05) is 34.9 Å². The van der Waals surface area contributed by atoms with E-state index in [0.29, 0.717) is 94.2 Å². The highest BCUT2D eigenvalue weighted by atomic mass is 32.2. The van der Waals surface area contributed by atoms with Gasteiger partial charge in [0.05, 0.1) is 39.9 Å². The van der Waals surface area contributed by atoms with Crippen molar-refractivity contribution in [2.75, 3.05) is 69.0 Å². The number of piperidine rings is 4. The van der Waals surface area contributed by atoms with Gasteiger partial charge in [0.2, 0.25) is 29.6 Å². The third-order valence-corrected chi connectivity index (χ3v) is 15.2. The minimum atomic E-state index is -0.543. The van der Waals surface area contributed by atoms with E-state index in [-0.39, 0.29) is 66.2 Å². The zero-order valence-electron chi connectivity index (χ0n) is 37.2. The van der Waals surface area contributed by atoms with Crippen LogP contribution in [0.3, 0.4) is 0 Å². The molecule has 4 saturated heterocycles. The number of nitrogens with two attached hydrogens (primary N) is 1. The van der Waals surface area contributed by atoms with Crippen molar-refractivity contribution < 1.29 is 27.8 Å². The molecule has 1 aromatic carbocycles. The third kappa shape index (κ3) is 11.0. The van der Waals surface area contributed by atoms with Gasteiger partial charge in [-0.2, -0.15) is 13.5 Å². The van der Waals surface area contributed by atoms with Crippen LogP contribution >= 0.6 is 37.5 Å². The molecule has 0 radical (unpaired) electrons. The van der Waals surface area contributed by atoms with E-state index < -0.39 is 11.2 Å². The fourth-order valence-electron chi connectivity index (χ4n) is 9.36. The second-order valence-corrected chi connectivity index (χ2v) is 19.7. The van der Waals surface area contributed by atoms with Gasteiger partial charge in [0.1, 0.15) is 18.0 Å². The van der Waals surface area contributed by atoms with Gasteiger partial charge in [0.25, 0.3) is 0 Å². The number of anilines is 3. The quantitative estimate of drug-likeness (QED) is 0.0533. The van der Waals surface area contributed by atoms with Gasteiger partial charge >= 0.3 is 0 Å². The molecule has 0 aliphatic carbocycles. The third-order valence-electron chi connectivity index (χ3n) is 13.2. The van der Waals surface area contributed by atoms with Crippen LogP contribution in [-0.4, -0.2) is 111 Å². The van der Waals surface area contributed by atoms with Crippen LogP contribution in [0.4, 0.5) is 21.8 Å². The number of nitrogens with zero attached hydrogens (tertiary/aromatic N) is 7. The van der Waals surface area contributed by atoms with Crippen LogP contribution in [0.1, 0.15) is 94.4 Å². The van der Waals surface area contributed by atoms with Crippen molar-refractivity contribution in [3.05, 3.63) is 71.4 Å². The first-order valence-corrected chi connectivity index (χ1v) is 24.0. The highest BCUT2D eigenvalue weighted by Crippen LogP contribution is 2.47. The van der Waals surface area contributed by atoms with Crippen LogP contribution in [-0.2, 0) is 23.4 Å². The molecular weight excluding hydrogens is 890 g/mol. The molecule has 20 heteroatoms. The molecule has 4 amide bonds. The maximum absolute atomic E-state index is 16.3. The Kier molecular flexibility index (Phi) is 15.9. The van der Waals surface area contributed by atoms with Crippen molar-refractivity contribution >= 4 is 89.2 Å². The molecule has 2 unspecified atom stereocenters. The summed E-state index contributed by atoms with van der Waals surface area (Å²) >= 11 is 2.73. The van der Waals surface area contributed by atoms with E-state index in [2.05, 4.69) is 42.8 Å². The molecule has 2 aromatic heterocycles. The molecule has 5 aliphatic rings. The fourth-order valence-corrected chi connectivity index (χ4v) is 11.3. The van der Waals surface area contributed by atoms with Crippen LogP contribution in [0.5, 0.6) is 0 Å². The van der Waals surface area contributed by atoms with Gasteiger partial charge in [0.15, 0.2) is 5.82 Å². The number of carbonyl (C=O) groups excluding carboxylic acids is 4. The summed E-state index contributed by atoms with van der Waals surface area (Å²) in [6.45, 7) is 8.43. The maximum atomic E-state index is 16.3. The number of hydrogen-bond acceptors (Lipinski definition) is 15. The second kappa shape index (κ2) is 21.3. The SMILES string of the molecule is CCCOSN(C)Nc1cccc(C2=C(c3ccnc(N)n3)SC(C3CCN(C(=O)C4(C)CCN(C(=O)C5CCN(c6ccc(C7CCC(=O)NC7=O)cn6)CC5)CC4)CC3)N2)c1F.S. The number of nitrogen functional groups attached to an aromatic ring is 1. The van der Waals surface area contributed by atoms with Crippen molar-refractivity contribution in [2.45, 2.75) is 82.9 Å². The summed E-state index contributed by atoms with van der Waals surface area (Å²) in [4.78, 5) is 72.0. The minimum Gasteiger partial charge on any atom is -0.371 e. The zero-order chi connectivity index (χ0) is 45.0. The number of thioether (sulfide) groups is 1. The van der Waals surface area contributed by atoms with Gasteiger partial charge in [-0.05, 0) is 87.1 Å². The van der Waals surface area contributed by atoms with Crippen molar-refractivity contribution in [3.8, 4) is 0 Å². The van der Waals surface area contributed by atoms with Crippen LogP contribution in [0.2, 0.25) is 0 Å². The summed E-state index contributed by atoms with van der Waals surface area (Å²) in [5.74, 6) is 0.112. The van der Waals surface area contributed by atoms with E-state index in [0.717, 1.165) is 60.6 Å². The molecule has 2 atom stereocenters. The number of likely N-dealkylation sites (tertiary alicyclic amines) is 2. The Hall–Kier alpha value is -4.63. The Balaban J connectivity index is 0.00000630. The number of hydrazine groups is 1. The monoisotopic (exact) mass is 949 g/mol. The Morgan fingerprint density at radius 3 is 2.45 bits per heavy atom. The lowest BCUT2D eigenvalue weighted by molar-refractivity contribution is -0.149. The van der Waals surface area contributed by atoms with Gasteiger partial charge in [-0.25, -0.2) is 19.3 Å². The number of amides is 4. The van der Waals surface area contributed by atoms with Crippen LogP contribution in [0, 0.1) is 23.1 Å².